The van der Waals surface area contributed by atoms with Crippen molar-refractivity contribution in [1.29, 1.82) is 0 Å². The normalized spacial score (nSPS) is 53.9. The van der Waals surface area contributed by atoms with E-state index in [1.807, 2.05) is 0 Å². The molecule has 3 aliphatic heterocycles. The molecule has 112 valence electrons. The molecule has 0 aromatic heterocycles. The van der Waals surface area contributed by atoms with E-state index in [1.165, 1.54) is 37.8 Å². The third-order valence-electron chi connectivity index (χ3n) is 7.59. The van der Waals surface area contributed by atoms with Gasteiger partial charge >= 0.3 is 0 Å². The summed E-state index contributed by atoms with van der Waals surface area (Å²) in [5, 5.41) is 0. The molecule has 2 nitrogen and oxygen atoms in total. The van der Waals surface area contributed by atoms with Crippen molar-refractivity contribution >= 4 is 5.78 Å². The lowest BCUT2D eigenvalue weighted by molar-refractivity contribution is -0.119. The summed E-state index contributed by atoms with van der Waals surface area (Å²) in [6.07, 6.45) is 10.1. The van der Waals surface area contributed by atoms with Gasteiger partial charge in [0.25, 0.3) is 0 Å². The second-order valence-electron chi connectivity index (χ2n) is 8.49. The van der Waals surface area contributed by atoms with Gasteiger partial charge in [0.1, 0.15) is 5.78 Å². The fourth-order valence-electron chi connectivity index (χ4n) is 7.16. The zero-order valence-electron chi connectivity index (χ0n) is 13.0. The molecule has 2 aliphatic carbocycles. The van der Waals surface area contributed by atoms with E-state index in [0.29, 0.717) is 28.7 Å². The molecule has 4 bridgehead atoms. The maximum atomic E-state index is 11.9. The molecule has 0 aromatic rings. The number of hydrogen-bond acceptors (Lipinski definition) is 2. The van der Waals surface area contributed by atoms with Crippen molar-refractivity contribution in [2.75, 3.05) is 6.54 Å². The van der Waals surface area contributed by atoms with Gasteiger partial charge in [-0.1, -0.05) is 30.6 Å². The monoisotopic (exact) mass is 283 g/mol. The van der Waals surface area contributed by atoms with E-state index in [-0.39, 0.29) is 0 Å². The Morgan fingerprint density at radius 1 is 1.33 bits per heavy atom. The van der Waals surface area contributed by atoms with Gasteiger partial charge in [0.15, 0.2) is 0 Å². The summed E-state index contributed by atoms with van der Waals surface area (Å²) < 4.78 is 0. The van der Waals surface area contributed by atoms with E-state index in [0.717, 1.165) is 25.2 Å². The largest absolute Gasteiger partial charge is 0.299 e. The molecule has 1 saturated carbocycles. The number of carbonyl (C=O) groups excluding carboxylic acids is 1. The van der Waals surface area contributed by atoms with Crippen LogP contribution in [0.1, 0.15) is 51.9 Å². The number of rotatable bonds is 1. The van der Waals surface area contributed by atoms with Crippen LogP contribution in [0.5, 0.6) is 0 Å². The highest BCUT2D eigenvalue weighted by Crippen LogP contribution is 2.70. The van der Waals surface area contributed by atoms with Crippen molar-refractivity contribution < 1.29 is 4.79 Å². The smallest absolute Gasteiger partial charge is 0.137 e. The lowest BCUT2D eigenvalue weighted by Gasteiger charge is -2.55. The minimum absolute atomic E-state index is 0.313. The van der Waals surface area contributed by atoms with E-state index < -0.39 is 0 Å². The Morgan fingerprint density at radius 2 is 2.19 bits per heavy atom. The van der Waals surface area contributed by atoms with Gasteiger partial charge in [0.05, 0.1) is 0 Å². The van der Waals surface area contributed by atoms with E-state index >= 15 is 0 Å². The first-order chi connectivity index (χ1) is 10.1. The summed E-state index contributed by atoms with van der Waals surface area (Å²) in [7, 11) is 0. The molecular formula is C19H25NO. The number of carbonyl (C=O) groups is 1. The molecule has 3 heterocycles. The van der Waals surface area contributed by atoms with Crippen LogP contribution in [0.15, 0.2) is 23.8 Å². The summed E-state index contributed by atoms with van der Waals surface area (Å²) in [6.45, 7) is 8.11. The summed E-state index contributed by atoms with van der Waals surface area (Å²) in [5.41, 5.74) is 3.98. The molecular weight excluding hydrogens is 258 g/mol. The van der Waals surface area contributed by atoms with Gasteiger partial charge in [0, 0.05) is 36.9 Å². The Hall–Kier alpha value is -0.890. The van der Waals surface area contributed by atoms with Gasteiger partial charge in [-0.05, 0) is 37.0 Å². The van der Waals surface area contributed by atoms with Crippen LogP contribution in [0, 0.1) is 16.7 Å². The lowest BCUT2D eigenvalue weighted by atomic mass is 9.52. The zero-order chi connectivity index (χ0) is 14.4. The topological polar surface area (TPSA) is 20.3 Å². The Balaban J connectivity index is 1.69. The van der Waals surface area contributed by atoms with Gasteiger partial charge in [-0.3, -0.25) is 9.69 Å². The average molecular weight is 283 g/mol. The number of ketones is 1. The van der Waals surface area contributed by atoms with Crippen LogP contribution in [0.2, 0.25) is 0 Å². The first kappa shape index (κ1) is 12.6. The average Bonchev–Trinajstić information content (AvgIpc) is 2.84. The van der Waals surface area contributed by atoms with E-state index in [9.17, 15) is 4.79 Å². The van der Waals surface area contributed by atoms with Gasteiger partial charge in [0.2, 0.25) is 0 Å². The van der Waals surface area contributed by atoms with Crippen molar-refractivity contribution in [2.45, 2.75) is 64.0 Å². The van der Waals surface area contributed by atoms with Gasteiger partial charge < -0.3 is 0 Å². The third kappa shape index (κ3) is 1.28. The molecule has 3 unspecified atom stereocenters. The molecule has 3 fully saturated rings. The lowest BCUT2D eigenvalue weighted by Crippen LogP contribution is -2.55. The Morgan fingerprint density at radius 3 is 3.00 bits per heavy atom. The van der Waals surface area contributed by atoms with Crippen molar-refractivity contribution in [3.63, 3.8) is 0 Å². The Kier molecular flexibility index (Phi) is 2.23. The van der Waals surface area contributed by atoms with Crippen molar-refractivity contribution in [3.05, 3.63) is 23.8 Å². The van der Waals surface area contributed by atoms with Crippen LogP contribution in [0.25, 0.3) is 0 Å². The Bertz CT molecular complexity index is 590. The zero-order valence-corrected chi connectivity index (χ0v) is 13.0. The van der Waals surface area contributed by atoms with Crippen molar-refractivity contribution in [1.82, 2.24) is 4.90 Å². The molecule has 0 amide bonds. The summed E-state index contributed by atoms with van der Waals surface area (Å²) in [6, 6.07) is 1.29. The molecule has 5 rings (SSSR count). The fraction of sp³-hybridized carbons (Fsp3) is 0.737. The standard InChI is InChI=1S/C19H25NO/c1-3-19-8-4-7-18(2)11-20-15(16(18)19)10-12-9-13(21)5-6-14(12)17(19)20/h3,15-17H,1,4-11H2,2H3/t15-,16-,17-,18?,19?/m1/s1. The number of piperidine rings is 1. The van der Waals surface area contributed by atoms with E-state index in [1.54, 1.807) is 5.57 Å². The molecule has 0 N–H and O–H groups in total. The van der Waals surface area contributed by atoms with Crippen LogP contribution >= 0.6 is 0 Å². The number of fused-ring (bicyclic) bond motifs is 2. The predicted molar refractivity (Wildman–Crippen MR) is 82.9 cm³/mol. The number of hydrogen-bond donors (Lipinski definition) is 0. The molecule has 21 heavy (non-hydrogen) atoms. The fourth-order valence-corrected chi connectivity index (χ4v) is 7.16. The van der Waals surface area contributed by atoms with Gasteiger partial charge in [-0.15, -0.1) is 6.58 Å². The summed E-state index contributed by atoms with van der Waals surface area (Å²) in [4.78, 5) is 14.7. The maximum Gasteiger partial charge on any atom is 0.137 e. The second-order valence-corrected chi connectivity index (χ2v) is 8.49. The summed E-state index contributed by atoms with van der Waals surface area (Å²) >= 11 is 0. The first-order valence-electron chi connectivity index (χ1n) is 8.71. The first-order valence-corrected chi connectivity index (χ1v) is 8.71. The van der Waals surface area contributed by atoms with Crippen LogP contribution in [-0.2, 0) is 4.79 Å². The molecule has 2 heteroatoms. The molecule has 0 aromatic carbocycles. The quantitative estimate of drug-likeness (QED) is 0.687. The highest BCUT2D eigenvalue weighted by Gasteiger charge is 2.71. The van der Waals surface area contributed by atoms with E-state index in [4.69, 9.17) is 0 Å². The Labute approximate surface area is 127 Å². The SMILES string of the molecule is C=CC12CCCC3(C)CN4[C@H](CC5=C(CCC(=O)C5)[C@@H]41)[C@H]32. The summed E-state index contributed by atoms with van der Waals surface area (Å²) in [5.74, 6) is 1.25. The second kappa shape index (κ2) is 3.71. The van der Waals surface area contributed by atoms with Gasteiger partial charge in [-0.25, -0.2) is 0 Å². The number of Topliss-reactive ketones (excluding diaryl/α,β-unsaturated/α-hetero) is 1. The van der Waals surface area contributed by atoms with Crippen molar-refractivity contribution in [2.24, 2.45) is 16.7 Å². The van der Waals surface area contributed by atoms with E-state index in [2.05, 4.69) is 24.5 Å². The molecule has 6 atom stereocenters. The molecule has 0 spiro atoms. The van der Waals surface area contributed by atoms with Crippen molar-refractivity contribution in [3.8, 4) is 0 Å². The minimum atomic E-state index is 0.313. The molecule has 0 radical (unpaired) electrons. The van der Waals surface area contributed by atoms with Crippen LogP contribution in [0.4, 0.5) is 0 Å². The minimum Gasteiger partial charge on any atom is -0.299 e. The van der Waals surface area contributed by atoms with Crippen LogP contribution < -0.4 is 0 Å². The van der Waals surface area contributed by atoms with Gasteiger partial charge in [-0.2, -0.15) is 0 Å². The number of nitrogens with zero attached hydrogens (tertiary/aromatic N) is 1. The van der Waals surface area contributed by atoms with Crippen LogP contribution in [-0.4, -0.2) is 29.3 Å². The predicted octanol–water partition coefficient (Wildman–Crippen LogP) is 3.48. The third-order valence-corrected chi connectivity index (χ3v) is 7.59. The highest BCUT2D eigenvalue weighted by atomic mass is 16.1. The molecule has 5 aliphatic rings. The van der Waals surface area contributed by atoms with Crippen LogP contribution in [0.3, 0.4) is 0 Å². The maximum absolute atomic E-state index is 11.9. The highest BCUT2D eigenvalue weighted by molar-refractivity contribution is 5.83. The molecule has 2 saturated heterocycles.